The number of nitrogens with one attached hydrogen (secondary N) is 2. The lowest BCUT2D eigenvalue weighted by atomic mass is 10.1. The number of aromatic amines is 2. The van der Waals surface area contributed by atoms with Gasteiger partial charge in [-0.2, -0.15) is 5.10 Å². The number of anilines is 1. The van der Waals surface area contributed by atoms with E-state index in [0.29, 0.717) is 0 Å². The minimum atomic E-state index is 0.763. The van der Waals surface area contributed by atoms with Crippen LogP contribution in [0.15, 0.2) is 54.9 Å². The van der Waals surface area contributed by atoms with Gasteiger partial charge in [0.05, 0.1) is 34.3 Å². The number of H-pyrrole nitrogens is 2. The second kappa shape index (κ2) is 6.95. The van der Waals surface area contributed by atoms with E-state index in [-0.39, 0.29) is 0 Å². The third-order valence-corrected chi connectivity index (χ3v) is 5.79. The van der Waals surface area contributed by atoms with Crippen molar-refractivity contribution in [2.24, 2.45) is 0 Å². The lowest BCUT2D eigenvalue weighted by Gasteiger charge is -2.28. The summed E-state index contributed by atoms with van der Waals surface area (Å²) in [7, 11) is 0. The van der Waals surface area contributed by atoms with E-state index >= 15 is 0 Å². The number of imidazole rings is 1. The van der Waals surface area contributed by atoms with Gasteiger partial charge in [0.1, 0.15) is 11.2 Å². The molecule has 30 heavy (non-hydrogen) atoms. The van der Waals surface area contributed by atoms with Crippen LogP contribution in [-0.4, -0.2) is 43.2 Å². The fraction of sp³-hybridized carbons (Fsp3) is 0.217. The van der Waals surface area contributed by atoms with Gasteiger partial charge in [-0.05, 0) is 49.6 Å². The van der Waals surface area contributed by atoms with Crippen LogP contribution in [0.25, 0.3) is 44.8 Å². The molecule has 1 fully saturated rings. The summed E-state index contributed by atoms with van der Waals surface area (Å²) >= 11 is 0. The van der Waals surface area contributed by atoms with Crippen LogP contribution in [0.1, 0.15) is 19.3 Å². The zero-order valence-electron chi connectivity index (χ0n) is 16.5. The van der Waals surface area contributed by atoms with E-state index in [1.54, 1.807) is 12.4 Å². The Labute approximate surface area is 173 Å². The van der Waals surface area contributed by atoms with Crippen LogP contribution >= 0.6 is 0 Å². The highest BCUT2D eigenvalue weighted by Crippen LogP contribution is 2.32. The molecule has 0 amide bonds. The highest BCUT2D eigenvalue weighted by atomic mass is 15.2. The van der Waals surface area contributed by atoms with E-state index in [0.717, 1.165) is 57.9 Å². The third-order valence-electron chi connectivity index (χ3n) is 5.79. The molecule has 0 spiro atoms. The van der Waals surface area contributed by atoms with Crippen molar-refractivity contribution in [3.05, 3.63) is 54.9 Å². The standard InChI is InChI=1S/C23H21N7/c1-4-11-30(12-5-1)20-9-6-8-17-22(20)27-23(26-17)21-15-13-18(16-7-2-3-10-24-16)25-14-19(15)28-29-21/h2-3,6-10,13-14H,1,4-5,11-12H2,(H,26,27)(H,28,29). The first kappa shape index (κ1) is 17.1. The van der Waals surface area contributed by atoms with E-state index in [1.807, 2.05) is 24.3 Å². The normalized spacial score (nSPS) is 14.6. The summed E-state index contributed by atoms with van der Waals surface area (Å²) in [5, 5.41) is 8.61. The van der Waals surface area contributed by atoms with Crippen molar-refractivity contribution < 1.29 is 0 Å². The first-order chi connectivity index (χ1) is 14.9. The molecule has 0 unspecified atom stereocenters. The second-order valence-corrected chi connectivity index (χ2v) is 7.71. The van der Waals surface area contributed by atoms with Gasteiger partial charge < -0.3 is 9.88 Å². The number of rotatable bonds is 3. The highest BCUT2D eigenvalue weighted by molar-refractivity contribution is 5.96. The Hall–Kier alpha value is -3.74. The Balaban J connectivity index is 1.47. The van der Waals surface area contributed by atoms with Crippen LogP contribution in [-0.2, 0) is 0 Å². The molecule has 148 valence electrons. The Kier molecular flexibility index (Phi) is 3.97. The molecule has 1 saturated heterocycles. The minimum absolute atomic E-state index is 0.763. The van der Waals surface area contributed by atoms with Crippen LogP contribution in [0.5, 0.6) is 0 Å². The maximum atomic E-state index is 4.97. The Morgan fingerprint density at radius 1 is 0.867 bits per heavy atom. The Morgan fingerprint density at radius 2 is 1.80 bits per heavy atom. The van der Waals surface area contributed by atoms with Crippen molar-refractivity contribution in [2.75, 3.05) is 18.0 Å². The molecule has 5 heterocycles. The molecule has 2 N–H and O–H groups in total. The Bertz CT molecular complexity index is 1330. The van der Waals surface area contributed by atoms with Gasteiger partial charge in [-0.15, -0.1) is 0 Å². The number of hydrogen-bond acceptors (Lipinski definition) is 5. The number of benzene rings is 1. The molecule has 0 saturated carbocycles. The molecule has 0 aliphatic carbocycles. The lowest BCUT2D eigenvalue weighted by molar-refractivity contribution is 0.579. The summed E-state index contributed by atoms with van der Waals surface area (Å²) in [4.78, 5) is 19.8. The third kappa shape index (κ3) is 2.82. The first-order valence-corrected chi connectivity index (χ1v) is 10.4. The molecular formula is C23H21N7. The molecule has 0 radical (unpaired) electrons. The molecule has 4 aromatic heterocycles. The molecule has 5 aromatic rings. The monoisotopic (exact) mass is 395 g/mol. The topological polar surface area (TPSA) is 86.4 Å². The number of pyridine rings is 2. The van der Waals surface area contributed by atoms with E-state index in [4.69, 9.17) is 4.98 Å². The van der Waals surface area contributed by atoms with Gasteiger partial charge in [0.15, 0.2) is 5.82 Å². The van der Waals surface area contributed by atoms with Gasteiger partial charge in [0.2, 0.25) is 0 Å². The van der Waals surface area contributed by atoms with E-state index < -0.39 is 0 Å². The fourth-order valence-electron chi connectivity index (χ4n) is 4.27. The van der Waals surface area contributed by atoms with Crippen LogP contribution in [0.4, 0.5) is 5.69 Å². The maximum Gasteiger partial charge on any atom is 0.159 e. The van der Waals surface area contributed by atoms with Crippen molar-refractivity contribution in [3.8, 4) is 22.9 Å². The van der Waals surface area contributed by atoms with Crippen LogP contribution < -0.4 is 4.90 Å². The zero-order chi connectivity index (χ0) is 19.9. The maximum absolute atomic E-state index is 4.97. The second-order valence-electron chi connectivity index (χ2n) is 7.71. The molecule has 1 aliphatic rings. The van der Waals surface area contributed by atoms with Gasteiger partial charge in [-0.3, -0.25) is 15.1 Å². The van der Waals surface area contributed by atoms with E-state index in [1.165, 1.54) is 24.9 Å². The molecule has 0 bridgehead atoms. The molecule has 7 heteroatoms. The number of aromatic nitrogens is 6. The number of para-hydroxylation sites is 1. The average molecular weight is 395 g/mol. The smallest absolute Gasteiger partial charge is 0.159 e. The summed E-state index contributed by atoms with van der Waals surface area (Å²) in [6.07, 6.45) is 7.36. The number of nitrogens with zero attached hydrogens (tertiary/aromatic N) is 5. The fourth-order valence-corrected chi connectivity index (χ4v) is 4.27. The van der Waals surface area contributed by atoms with Gasteiger partial charge in [0, 0.05) is 24.7 Å². The molecule has 7 nitrogen and oxygen atoms in total. The van der Waals surface area contributed by atoms with Crippen molar-refractivity contribution in [1.82, 2.24) is 30.1 Å². The van der Waals surface area contributed by atoms with E-state index in [2.05, 4.69) is 48.2 Å². The van der Waals surface area contributed by atoms with Crippen molar-refractivity contribution in [3.63, 3.8) is 0 Å². The molecule has 1 aromatic carbocycles. The summed E-state index contributed by atoms with van der Waals surface area (Å²) in [5.41, 5.74) is 6.56. The zero-order valence-corrected chi connectivity index (χ0v) is 16.5. The highest BCUT2D eigenvalue weighted by Gasteiger charge is 2.19. The SMILES string of the molecule is c1ccc(-c2cc3c(-c4nc5c(N6CCCCC6)cccc5[nH]4)n[nH]c3cn2)nc1. The number of hydrogen-bond donors (Lipinski definition) is 2. The Morgan fingerprint density at radius 3 is 2.67 bits per heavy atom. The van der Waals surface area contributed by atoms with Crippen LogP contribution in [0.2, 0.25) is 0 Å². The summed E-state index contributed by atoms with van der Waals surface area (Å²) in [6.45, 7) is 2.18. The quantitative estimate of drug-likeness (QED) is 0.468. The molecule has 1 aliphatic heterocycles. The summed E-state index contributed by atoms with van der Waals surface area (Å²) in [6, 6.07) is 14.2. The van der Waals surface area contributed by atoms with Gasteiger partial charge in [-0.25, -0.2) is 4.98 Å². The number of fused-ring (bicyclic) bond motifs is 2. The van der Waals surface area contributed by atoms with Crippen LogP contribution in [0.3, 0.4) is 0 Å². The lowest BCUT2D eigenvalue weighted by Crippen LogP contribution is -2.29. The van der Waals surface area contributed by atoms with Gasteiger partial charge >= 0.3 is 0 Å². The summed E-state index contributed by atoms with van der Waals surface area (Å²) < 4.78 is 0. The van der Waals surface area contributed by atoms with Crippen molar-refractivity contribution in [2.45, 2.75) is 19.3 Å². The predicted molar refractivity (Wildman–Crippen MR) is 118 cm³/mol. The summed E-state index contributed by atoms with van der Waals surface area (Å²) in [5.74, 6) is 0.763. The van der Waals surface area contributed by atoms with Gasteiger partial charge in [-0.1, -0.05) is 12.1 Å². The average Bonchev–Trinajstić information content (AvgIpc) is 3.43. The molecule has 6 rings (SSSR count). The first-order valence-electron chi connectivity index (χ1n) is 10.4. The predicted octanol–water partition coefficient (Wildman–Crippen LogP) is 4.55. The van der Waals surface area contributed by atoms with Crippen molar-refractivity contribution >= 4 is 27.6 Å². The molecule has 0 atom stereocenters. The number of piperidine rings is 1. The minimum Gasteiger partial charge on any atom is -0.370 e. The van der Waals surface area contributed by atoms with E-state index in [9.17, 15) is 0 Å². The van der Waals surface area contributed by atoms with Gasteiger partial charge in [0.25, 0.3) is 0 Å². The largest absolute Gasteiger partial charge is 0.370 e. The molecular weight excluding hydrogens is 374 g/mol. The van der Waals surface area contributed by atoms with Crippen molar-refractivity contribution in [1.29, 1.82) is 0 Å². The van der Waals surface area contributed by atoms with Crippen LogP contribution in [0, 0.1) is 0 Å².